The predicted molar refractivity (Wildman–Crippen MR) is 67.8 cm³/mol. The second kappa shape index (κ2) is 4.78. The summed E-state index contributed by atoms with van der Waals surface area (Å²) in [5.41, 5.74) is 6.80. The molecule has 1 saturated carbocycles. The molecule has 2 N–H and O–H groups in total. The lowest BCUT2D eigenvalue weighted by atomic mass is 10.2. The Morgan fingerprint density at radius 3 is 2.94 bits per heavy atom. The number of hydrogen-bond acceptors (Lipinski definition) is 5. The highest BCUT2D eigenvalue weighted by Gasteiger charge is 2.31. The molecule has 0 radical (unpaired) electrons. The minimum Gasteiger partial charge on any atom is -0.467 e. The molecule has 1 aliphatic rings. The maximum Gasteiger partial charge on any atom is 0.156 e. The summed E-state index contributed by atoms with van der Waals surface area (Å²) >= 11 is 0. The van der Waals surface area contributed by atoms with Gasteiger partial charge in [0.1, 0.15) is 5.76 Å². The van der Waals surface area contributed by atoms with Gasteiger partial charge in [-0.3, -0.25) is 0 Å². The van der Waals surface area contributed by atoms with Crippen LogP contribution in [-0.4, -0.2) is 16.2 Å². The number of nitrogens with two attached hydrogens (primary N) is 1. The van der Waals surface area contributed by atoms with E-state index in [1.165, 1.54) is 12.8 Å². The fraction of sp³-hybridized carbons (Fsp3) is 0.385. The fourth-order valence-corrected chi connectivity index (χ4v) is 2.08. The first kappa shape index (κ1) is 11.2. The topological polar surface area (TPSA) is 68.2 Å². The minimum atomic E-state index is 0.478. The lowest BCUT2D eigenvalue weighted by Crippen LogP contribution is -2.27. The van der Waals surface area contributed by atoms with Crippen molar-refractivity contribution in [2.45, 2.75) is 32.0 Å². The van der Waals surface area contributed by atoms with Crippen LogP contribution in [0.2, 0.25) is 0 Å². The van der Waals surface area contributed by atoms with Gasteiger partial charge < -0.3 is 15.1 Å². The highest BCUT2D eigenvalue weighted by Crippen LogP contribution is 2.33. The van der Waals surface area contributed by atoms with Crippen LogP contribution in [0.1, 0.15) is 24.2 Å². The van der Waals surface area contributed by atoms with Crippen molar-refractivity contribution in [3.8, 4) is 0 Å². The Morgan fingerprint density at radius 2 is 2.28 bits per heavy atom. The van der Waals surface area contributed by atoms with Crippen LogP contribution in [0, 0.1) is 0 Å². The smallest absolute Gasteiger partial charge is 0.156 e. The molecule has 2 aromatic rings. The maximum absolute atomic E-state index is 5.76. The van der Waals surface area contributed by atoms with E-state index < -0.39 is 0 Å². The molecular weight excluding hydrogens is 228 g/mol. The molecular formula is C13H16N4O. The van der Waals surface area contributed by atoms with Crippen LogP contribution in [0.15, 0.2) is 35.1 Å². The minimum absolute atomic E-state index is 0.478. The number of anilines is 1. The molecule has 0 spiro atoms. The lowest BCUT2D eigenvalue weighted by Gasteiger charge is -2.23. The molecule has 5 nitrogen and oxygen atoms in total. The van der Waals surface area contributed by atoms with Gasteiger partial charge >= 0.3 is 0 Å². The Hall–Kier alpha value is -1.88. The normalized spacial score (nSPS) is 14.7. The summed E-state index contributed by atoms with van der Waals surface area (Å²) in [6.45, 7) is 1.20. The molecule has 2 heterocycles. The zero-order chi connectivity index (χ0) is 12.4. The van der Waals surface area contributed by atoms with Gasteiger partial charge in [0, 0.05) is 18.2 Å². The lowest BCUT2D eigenvalue weighted by molar-refractivity contribution is 0.499. The predicted octanol–water partition coefficient (Wildman–Crippen LogP) is 1.70. The van der Waals surface area contributed by atoms with E-state index in [9.17, 15) is 0 Å². The molecule has 0 bridgehead atoms. The molecule has 0 amide bonds. The van der Waals surface area contributed by atoms with E-state index >= 15 is 0 Å². The van der Waals surface area contributed by atoms with Crippen molar-refractivity contribution in [3.05, 3.63) is 42.0 Å². The molecule has 0 saturated heterocycles. The van der Waals surface area contributed by atoms with Gasteiger partial charge in [-0.1, -0.05) is 0 Å². The SMILES string of the molecule is NCc1ccnnc1N(Cc1ccco1)C1CC1. The molecule has 0 aromatic carbocycles. The summed E-state index contributed by atoms with van der Waals surface area (Å²) in [6, 6.07) is 6.35. The third kappa shape index (κ3) is 2.22. The van der Waals surface area contributed by atoms with E-state index in [4.69, 9.17) is 10.2 Å². The molecule has 3 rings (SSSR count). The second-order valence-electron chi connectivity index (χ2n) is 4.52. The van der Waals surface area contributed by atoms with Crippen molar-refractivity contribution >= 4 is 5.82 Å². The van der Waals surface area contributed by atoms with Crippen molar-refractivity contribution in [1.29, 1.82) is 0 Å². The van der Waals surface area contributed by atoms with Crippen molar-refractivity contribution in [3.63, 3.8) is 0 Å². The van der Waals surface area contributed by atoms with Gasteiger partial charge in [0.2, 0.25) is 0 Å². The molecule has 0 unspecified atom stereocenters. The molecule has 18 heavy (non-hydrogen) atoms. The van der Waals surface area contributed by atoms with Crippen LogP contribution in [0.3, 0.4) is 0 Å². The number of rotatable bonds is 5. The average molecular weight is 244 g/mol. The quantitative estimate of drug-likeness (QED) is 0.867. The maximum atomic E-state index is 5.76. The Labute approximate surface area is 106 Å². The van der Waals surface area contributed by atoms with Gasteiger partial charge in [0.25, 0.3) is 0 Å². The van der Waals surface area contributed by atoms with E-state index in [-0.39, 0.29) is 0 Å². The molecule has 1 fully saturated rings. The van der Waals surface area contributed by atoms with Crippen molar-refractivity contribution in [1.82, 2.24) is 10.2 Å². The Kier molecular flexibility index (Phi) is 2.98. The monoisotopic (exact) mass is 244 g/mol. The van der Waals surface area contributed by atoms with E-state index in [2.05, 4.69) is 15.1 Å². The molecule has 0 aliphatic heterocycles. The molecule has 0 atom stereocenters. The van der Waals surface area contributed by atoms with Gasteiger partial charge in [-0.25, -0.2) is 0 Å². The van der Waals surface area contributed by atoms with Gasteiger partial charge in [-0.05, 0) is 31.0 Å². The van der Waals surface area contributed by atoms with Crippen molar-refractivity contribution < 1.29 is 4.42 Å². The van der Waals surface area contributed by atoms with Crippen molar-refractivity contribution in [2.24, 2.45) is 5.73 Å². The van der Waals surface area contributed by atoms with Gasteiger partial charge in [0.05, 0.1) is 19.0 Å². The van der Waals surface area contributed by atoms with Crippen molar-refractivity contribution in [2.75, 3.05) is 4.90 Å². The van der Waals surface area contributed by atoms with E-state index in [0.717, 1.165) is 23.7 Å². The van der Waals surface area contributed by atoms with Crippen LogP contribution in [0.5, 0.6) is 0 Å². The first-order valence-corrected chi connectivity index (χ1v) is 6.18. The zero-order valence-corrected chi connectivity index (χ0v) is 10.1. The van der Waals surface area contributed by atoms with Crippen LogP contribution < -0.4 is 10.6 Å². The van der Waals surface area contributed by atoms with Crippen LogP contribution in [0.4, 0.5) is 5.82 Å². The van der Waals surface area contributed by atoms with Gasteiger partial charge in [0.15, 0.2) is 5.82 Å². The summed E-state index contributed by atoms with van der Waals surface area (Å²) < 4.78 is 5.42. The third-order valence-electron chi connectivity index (χ3n) is 3.17. The van der Waals surface area contributed by atoms with Crippen LogP contribution >= 0.6 is 0 Å². The first-order valence-electron chi connectivity index (χ1n) is 6.18. The fourth-order valence-electron chi connectivity index (χ4n) is 2.08. The number of hydrogen-bond donors (Lipinski definition) is 1. The van der Waals surface area contributed by atoms with E-state index in [0.29, 0.717) is 12.6 Å². The highest BCUT2D eigenvalue weighted by molar-refractivity contribution is 5.48. The van der Waals surface area contributed by atoms with Gasteiger partial charge in [-0.2, -0.15) is 5.10 Å². The molecule has 94 valence electrons. The summed E-state index contributed by atoms with van der Waals surface area (Å²) in [5, 5.41) is 8.22. The van der Waals surface area contributed by atoms with Crippen LogP contribution in [-0.2, 0) is 13.1 Å². The van der Waals surface area contributed by atoms with Crippen LogP contribution in [0.25, 0.3) is 0 Å². The molecule has 2 aromatic heterocycles. The number of nitrogens with zero attached hydrogens (tertiary/aromatic N) is 3. The van der Waals surface area contributed by atoms with E-state index in [1.807, 2.05) is 18.2 Å². The summed E-state index contributed by atoms with van der Waals surface area (Å²) in [5.74, 6) is 1.83. The Balaban J connectivity index is 1.89. The number of aromatic nitrogens is 2. The Morgan fingerprint density at radius 1 is 1.39 bits per heavy atom. The average Bonchev–Trinajstić information content (AvgIpc) is 3.13. The zero-order valence-electron chi connectivity index (χ0n) is 10.1. The molecule has 5 heteroatoms. The third-order valence-corrected chi connectivity index (χ3v) is 3.17. The summed E-state index contributed by atoms with van der Waals surface area (Å²) in [7, 11) is 0. The number of furan rings is 1. The second-order valence-corrected chi connectivity index (χ2v) is 4.52. The molecule has 1 aliphatic carbocycles. The summed E-state index contributed by atoms with van der Waals surface area (Å²) in [6.07, 6.45) is 5.77. The highest BCUT2D eigenvalue weighted by atomic mass is 16.3. The standard InChI is InChI=1S/C13H16N4O/c14-8-10-5-6-15-16-13(10)17(11-3-4-11)9-12-2-1-7-18-12/h1-2,5-7,11H,3-4,8-9,14H2. The Bertz CT molecular complexity index is 507. The van der Waals surface area contributed by atoms with E-state index in [1.54, 1.807) is 12.5 Å². The summed E-state index contributed by atoms with van der Waals surface area (Å²) in [4.78, 5) is 2.24. The largest absolute Gasteiger partial charge is 0.467 e. The first-order chi connectivity index (χ1) is 8.88. The van der Waals surface area contributed by atoms with Gasteiger partial charge in [-0.15, -0.1) is 5.10 Å².